The van der Waals surface area contributed by atoms with Gasteiger partial charge in [0.2, 0.25) is 0 Å². The van der Waals surface area contributed by atoms with Gasteiger partial charge in [-0.3, -0.25) is 14.3 Å². The number of hydrogen-bond donors (Lipinski definition) is 1. The van der Waals surface area contributed by atoms with E-state index >= 15 is 0 Å². The minimum Gasteiger partial charge on any atom is -0.403 e. The van der Waals surface area contributed by atoms with Gasteiger partial charge < -0.3 is 4.74 Å². The second-order valence-electron chi connectivity index (χ2n) is 3.64. The number of aromatic nitrogens is 2. The average Bonchev–Trinajstić information content (AvgIpc) is 2.28. The fourth-order valence-corrected chi connectivity index (χ4v) is 2.10. The van der Waals surface area contributed by atoms with Gasteiger partial charge in [-0.25, -0.2) is 0 Å². The monoisotopic (exact) mass is 366 g/mol. The molecule has 9 heteroatoms. The molecule has 0 fully saturated rings. The van der Waals surface area contributed by atoms with Gasteiger partial charge in [-0.15, -0.1) is 13.2 Å². The van der Waals surface area contributed by atoms with Crippen molar-refractivity contribution in [1.82, 2.24) is 9.55 Å². The van der Waals surface area contributed by atoms with Crippen molar-refractivity contribution in [3.63, 3.8) is 0 Å². The molecule has 0 amide bonds. The Balaban J connectivity index is 2.61. The third-order valence-corrected chi connectivity index (χ3v) is 3.02. The zero-order valence-electron chi connectivity index (χ0n) is 9.57. The van der Waals surface area contributed by atoms with Crippen LogP contribution in [0.1, 0.15) is 0 Å². The molecule has 1 N–H and O–H groups in total. The first kappa shape index (κ1) is 14.8. The molecule has 106 valence electrons. The molecule has 0 aliphatic carbocycles. The van der Waals surface area contributed by atoms with Gasteiger partial charge in [0, 0.05) is 16.7 Å². The summed E-state index contributed by atoms with van der Waals surface area (Å²) in [6.07, 6.45) is -3.56. The summed E-state index contributed by atoms with van der Waals surface area (Å²) in [4.78, 5) is 13.4. The van der Waals surface area contributed by atoms with E-state index in [2.05, 4.69) is 25.7 Å². The minimum atomic E-state index is -4.83. The molecule has 0 saturated carbocycles. The van der Waals surface area contributed by atoms with Crippen LogP contribution in [-0.2, 0) is 0 Å². The Morgan fingerprint density at radius 3 is 2.60 bits per heavy atom. The fraction of sp³-hybridized carbons (Fsp3) is 0.0909. The van der Waals surface area contributed by atoms with E-state index in [1.165, 1.54) is 22.9 Å². The van der Waals surface area contributed by atoms with Crippen LogP contribution in [0.2, 0.25) is 0 Å². The number of ether oxygens (including phenoxy) is 1. The number of rotatable bonds is 2. The predicted molar refractivity (Wildman–Crippen MR) is 71.6 cm³/mol. The van der Waals surface area contributed by atoms with Gasteiger partial charge in [0.25, 0.3) is 5.56 Å². The van der Waals surface area contributed by atoms with Crippen LogP contribution in [0.4, 0.5) is 13.2 Å². The normalized spacial score (nSPS) is 11.4. The Bertz CT molecular complexity index is 754. The number of aromatic amines is 1. The van der Waals surface area contributed by atoms with Gasteiger partial charge in [0.15, 0.2) is 10.5 Å². The SMILES string of the molecule is O=c1ccn(-c2ccc(Br)cc2OC(F)(F)F)c(=S)[nH]1. The number of H-pyrrole nitrogens is 1. The lowest BCUT2D eigenvalue weighted by atomic mass is 10.3. The van der Waals surface area contributed by atoms with Crippen LogP contribution in [0.5, 0.6) is 5.75 Å². The largest absolute Gasteiger partial charge is 0.573 e. The number of alkyl halides is 3. The summed E-state index contributed by atoms with van der Waals surface area (Å²) in [5.74, 6) is -0.435. The maximum Gasteiger partial charge on any atom is 0.573 e. The van der Waals surface area contributed by atoms with E-state index in [1.807, 2.05) is 0 Å². The van der Waals surface area contributed by atoms with Crippen molar-refractivity contribution in [3.8, 4) is 11.4 Å². The second-order valence-corrected chi connectivity index (χ2v) is 4.94. The van der Waals surface area contributed by atoms with Crippen LogP contribution in [0, 0.1) is 4.77 Å². The van der Waals surface area contributed by atoms with Gasteiger partial charge in [0.05, 0.1) is 5.69 Å². The third kappa shape index (κ3) is 3.48. The highest BCUT2D eigenvalue weighted by Gasteiger charge is 2.32. The molecule has 0 bridgehead atoms. The topological polar surface area (TPSA) is 47.0 Å². The quantitative estimate of drug-likeness (QED) is 0.826. The zero-order valence-corrected chi connectivity index (χ0v) is 12.0. The molecule has 4 nitrogen and oxygen atoms in total. The number of nitrogens with zero attached hydrogens (tertiary/aromatic N) is 1. The lowest BCUT2D eigenvalue weighted by Gasteiger charge is -2.15. The van der Waals surface area contributed by atoms with Crippen molar-refractivity contribution in [2.45, 2.75) is 6.36 Å². The molecule has 0 unspecified atom stereocenters. The molecule has 1 heterocycles. The first-order valence-electron chi connectivity index (χ1n) is 5.14. The fourth-order valence-electron chi connectivity index (χ4n) is 1.50. The molecule has 1 aromatic carbocycles. The van der Waals surface area contributed by atoms with Crippen LogP contribution in [-0.4, -0.2) is 15.9 Å². The summed E-state index contributed by atoms with van der Waals surface area (Å²) in [5, 5.41) is 0. The smallest absolute Gasteiger partial charge is 0.403 e. The standard InChI is InChI=1S/C11H6BrF3N2O2S/c12-6-1-2-7(8(5-6)19-11(13,14)15)17-4-3-9(18)16-10(17)20/h1-5H,(H,16,18,20). The molecule has 0 radical (unpaired) electrons. The Kier molecular flexibility index (Phi) is 4.00. The maximum absolute atomic E-state index is 12.4. The number of nitrogens with one attached hydrogen (secondary N) is 1. The summed E-state index contributed by atoms with van der Waals surface area (Å²) in [6.45, 7) is 0. The van der Waals surface area contributed by atoms with E-state index in [1.54, 1.807) is 0 Å². The average molecular weight is 367 g/mol. The molecule has 0 aliphatic heterocycles. The van der Waals surface area contributed by atoms with E-state index in [4.69, 9.17) is 12.2 Å². The molecular formula is C11H6BrF3N2O2S. The molecule has 0 saturated heterocycles. The van der Waals surface area contributed by atoms with Crippen LogP contribution in [0.25, 0.3) is 5.69 Å². The summed E-state index contributed by atoms with van der Waals surface area (Å²) < 4.78 is 42.8. The van der Waals surface area contributed by atoms with E-state index < -0.39 is 17.7 Å². The van der Waals surface area contributed by atoms with Crippen LogP contribution in [0.3, 0.4) is 0 Å². The predicted octanol–water partition coefficient (Wildman–Crippen LogP) is 3.56. The lowest BCUT2D eigenvalue weighted by molar-refractivity contribution is -0.274. The Morgan fingerprint density at radius 2 is 2.00 bits per heavy atom. The molecule has 20 heavy (non-hydrogen) atoms. The molecular weight excluding hydrogens is 361 g/mol. The van der Waals surface area contributed by atoms with Crippen molar-refractivity contribution >= 4 is 28.1 Å². The highest BCUT2D eigenvalue weighted by molar-refractivity contribution is 9.10. The summed E-state index contributed by atoms with van der Waals surface area (Å²) in [6, 6.07) is 5.23. The van der Waals surface area contributed by atoms with Gasteiger partial charge in [-0.2, -0.15) is 0 Å². The molecule has 2 rings (SSSR count). The zero-order chi connectivity index (χ0) is 14.9. The third-order valence-electron chi connectivity index (χ3n) is 2.23. The van der Waals surface area contributed by atoms with Crippen molar-refractivity contribution in [3.05, 3.63) is 50.1 Å². The van der Waals surface area contributed by atoms with Gasteiger partial charge in [-0.05, 0) is 30.4 Å². The Morgan fingerprint density at radius 1 is 1.30 bits per heavy atom. The summed E-state index contributed by atoms with van der Waals surface area (Å²) >= 11 is 7.98. The van der Waals surface area contributed by atoms with Crippen molar-refractivity contribution in [2.24, 2.45) is 0 Å². The van der Waals surface area contributed by atoms with E-state index in [0.717, 1.165) is 12.1 Å². The number of hydrogen-bond acceptors (Lipinski definition) is 3. The minimum absolute atomic E-state index is 0.0353. The Hall–Kier alpha value is -1.61. The molecule has 1 aromatic heterocycles. The first-order chi connectivity index (χ1) is 9.26. The van der Waals surface area contributed by atoms with E-state index in [9.17, 15) is 18.0 Å². The summed E-state index contributed by atoms with van der Waals surface area (Å²) in [7, 11) is 0. The summed E-state index contributed by atoms with van der Waals surface area (Å²) in [5.41, 5.74) is -0.381. The van der Waals surface area contributed by atoms with Crippen molar-refractivity contribution in [2.75, 3.05) is 0 Å². The van der Waals surface area contributed by atoms with Crippen LogP contribution >= 0.6 is 28.1 Å². The van der Waals surface area contributed by atoms with Gasteiger partial charge >= 0.3 is 6.36 Å². The molecule has 0 aliphatic rings. The number of halogens is 4. The highest BCUT2D eigenvalue weighted by Crippen LogP contribution is 2.31. The lowest BCUT2D eigenvalue weighted by Crippen LogP contribution is -2.19. The molecule has 2 aromatic rings. The van der Waals surface area contributed by atoms with Crippen LogP contribution in [0.15, 0.2) is 39.7 Å². The molecule has 0 atom stereocenters. The van der Waals surface area contributed by atoms with E-state index in [-0.39, 0.29) is 10.5 Å². The molecule has 0 spiro atoms. The van der Waals surface area contributed by atoms with Crippen molar-refractivity contribution in [1.29, 1.82) is 0 Å². The van der Waals surface area contributed by atoms with Gasteiger partial charge in [-0.1, -0.05) is 15.9 Å². The number of benzene rings is 1. The highest BCUT2D eigenvalue weighted by atomic mass is 79.9. The Labute approximate surface area is 124 Å². The van der Waals surface area contributed by atoms with Crippen molar-refractivity contribution < 1.29 is 17.9 Å². The second kappa shape index (κ2) is 5.41. The van der Waals surface area contributed by atoms with E-state index in [0.29, 0.717) is 4.47 Å². The maximum atomic E-state index is 12.4. The first-order valence-corrected chi connectivity index (χ1v) is 6.34. The van der Waals surface area contributed by atoms with Crippen LogP contribution < -0.4 is 10.3 Å². The van der Waals surface area contributed by atoms with Gasteiger partial charge in [0.1, 0.15) is 0 Å².